The zero-order chi connectivity index (χ0) is 54.0. The minimum absolute atomic E-state index is 0. The molecule has 0 saturated heterocycles. The number of hydrogen-bond acceptors (Lipinski definition) is 10. The molecule has 0 bridgehead atoms. The van der Waals surface area contributed by atoms with E-state index < -0.39 is 31.2 Å². The maximum absolute atomic E-state index is 13.7. The van der Waals surface area contributed by atoms with E-state index >= 15 is 0 Å². The SMILES string of the molecule is CCCCCCCCCCCCCCCCOCCCOP(=O)([O-])CO[C@H](COC(c1ccccc1)(c1ccccc1)c1ccccc1)Cn1cnc2c(NC(c3ccccc3)(c3ccccc3)c3ccccc3)ncnc21.[Na+]. The van der Waals surface area contributed by atoms with Crippen molar-refractivity contribution in [3.8, 4) is 0 Å². The fraction of sp³-hybridized carbons (Fsp3) is 0.379. The van der Waals surface area contributed by atoms with Crippen LogP contribution in [0.2, 0.25) is 0 Å². The minimum atomic E-state index is -4.48. The van der Waals surface area contributed by atoms with E-state index in [2.05, 4.69) is 85.0 Å². The van der Waals surface area contributed by atoms with Gasteiger partial charge in [0.1, 0.15) is 29.3 Å². The third kappa shape index (κ3) is 17.4. The van der Waals surface area contributed by atoms with Gasteiger partial charge in [0.25, 0.3) is 0 Å². The van der Waals surface area contributed by atoms with Crippen LogP contribution in [0.15, 0.2) is 195 Å². The number of rotatable bonds is 36. The zero-order valence-corrected chi connectivity index (χ0v) is 49.5. The Morgan fingerprint density at radius 2 is 0.949 bits per heavy atom. The number of anilines is 1. The van der Waals surface area contributed by atoms with Gasteiger partial charge in [0.05, 0.1) is 32.2 Å². The molecule has 0 fully saturated rings. The van der Waals surface area contributed by atoms with Crippen LogP contribution in [-0.2, 0) is 41.0 Å². The van der Waals surface area contributed by atoms with Crippen molar-refractivity contribution in [2.75, 3.05) is 38.1 Å². The molecule has 2 atom stereocenters. The van der Waals surface area contributed by atoms with E-state index in [-0.39, 0.29) is 49.3 Å². The van der Waals surface area contributed by atoms with Crippen molar-refractivity contribution in [2.45, 2.75) is 127 Å². The maximum Gasteiger partial charge on any atom is 1.00 e. The second-order valence-electron chi connectivity index (χ2n) is 20.3. The number of unbranched alkanes of at least 4 members (excludes halogenated alkanes) is 13. The number of nitrogens with one attached hydrogen (secondary N) is 1. The van der Waals surface area contributed by atoms with Gasteiger partial charge in [0.2, 0.25) is 0 Å². The number of fused-ring (bicyclic) bond motifs is 1. The van der Waals surface area contributed by atoms with Crippen LogP contribution >= 0.6 is 7.60 Å². The summed E-state index contributed by atoms with van der Waals surface area (Å²) >= 11 is 0. The van der Waals surface area contributed by atoms with Gasteiger partial charge in [0, 0.05) is 13.2 Å². The molecule has 79 heavy (non-hydrogen) atoms. The van der Waals surface area contributed by atoms with E-state index in [9.17, 15) is 9.46 Å². The third-order valence-electron chi connectivity index (χ3n) is 14.6. The molecule has 0 saturated carbocycles. The molecule has 0 aliphatic carbocycles. The van der Waals surface area contributed by atoms with Gasteiger partial charge in [-0.3, -0.25) is 0 Å². The van der Waals surface area contributed by atoms with Gasteiger partial charge in [-0.1, -0.05) is 272 Å². The van der Waals surface area contributed by atoms with Crippen molar-refractivity contribution in [1.29, 1.82) is 0 Å². The molecule has 13 heteroatoms. The molecule has 8 rings (SSSR count). The maximum atomic E-state index is 13.7. The van der Waals surface area contributed by atoms with E-state index in [1.165, 1.54) is 83.4 Å². The van der Waals surface area contributed by atoms with Gasteiger partial charge in [-0.2, -0.15) is 0 Å². The summed E-state index contributed by atoms with van der Waals surface area (Å²) in [6, 6.07) is 61.1. The summed E-state index contributed by atoms with van der Waals surface area (Å²) in [5, 5.41) is 3.87. The van der Waals surface area contributed by atoms with E-state index in [1.807, 2.05) is 114 Å². The molecular formula is C66H79N5NaO6P. The summed E-state index contributed by atoms with van der Waals surface area (Å²) in [6.07, 6.45) is 20.4. The molecule has 0 spiro atoms. The average Bonchev–Trinajstić information content (AvgIpc) is 4.07. The zero-order valence-electron chi connectivity index (χ0n) is 46.6. The van der Waals surface area contributed by atoms with E-state index in [0.29, 0.717) is 36.6 Å². The van der Waals surface area contributed by atoms with Crippen molar-refractivity contribution in [1.82, 2.24) is 19.5 Å². The van der Waals surface area contributed by atoms with Crippen molar-refractivity contribution in [3.05, 3.63) is 228 Å². The Balaban J connectivity index is 0.00000903. The van der Waals surface area contributed by atoms with Crippen LogP contribution in [0.3, 0.4) is 0 Å². The Bertz CT molecular complexity index is 2770. The molecule has 1 N–H and O–H groups in total. The van der Waals surface area contributed by atoms with Crippen molar-refractivity contribution >= 4 is 24.6 Å². The predicted octanol–water partition coefficient (Wildman–Crippen LogP) is 12.0. The predicted molar refractivity (Wildman–Crippen MR) is 312 cm³/mol. The quantitative estimate of drug-likeness (QED) is 0.0175. The number of aromatic nitrogens is 4. The number of benzene rings is 6. The third-order valence-corrected chi connectivity index (χ3v) is 15.6. The van der Waals surface area contributed by atoms with Crippen LogP contribution < -0.4 is 39.8 Å². The fourth-order valence-corrected chi connectivity index (χ4v) is 11.4. The summed E-state index contributed by atoms with van der Waals surface area (Å²) in [5.74, 6) is 0.515. The first-order valence-electron chi connectivity index (χ1n) is 28.5. The number of nitrogens with zero attached hydrogens (tertiary/aromatic N) is 4. The molecule has 6 aromatic carbocycles. The van der Waals surface area contributed by atoms with E-state index in [4.69, 9.17) is 33.7 Å². The first-order chi connectivity index (χ1) is 38.4. The summed E-state index contributed by atoms with van der Waals surface area (Å²) in [6.45, 7) is 3.46. The summed E-state index contributed by atoms with van der Waals surface area (Å²) in [5.41, 5.74) is 4.82. The van der Waals surface area contributed by atoms with Crippen LogP contribution in [0, 0.1) is 0 Å². The number of ether oxygens (including phenoxy) is 3. The van der Waals surface area contributed by atoms with Crippen molar-refractivity contribution in [2.24, 2.45) is 0 Å². The molecule has 0 radical (unpaired) electrons. The van der Waals surface area contributed by atoms with Crippen LogP contribution in [0.5, 0.6) is 0 Å². The van der Waals surface area contributed by atoms with Gasteiger partial charge < -0.3 is 38.1 Å². The van der Waals surface area contributed by atoms with Gasteiger partial charge in [-0.05, 0) is 46.2 Å². The fourth-order valence-electron chi connectivity index (χ4n) is 10.5. The second kappa shape index (κ2) is 32.8. The van der Waals surface area contributed by atoms with E-state index in [0.717, 1.165) is 46.2 Å². The smallest absolute Gasteiger partial charge is 0.777 e. The Labute approximate surface area is 491 Å². The van der Waals surface area contributed by atoms with Gasteiger partial charge in [0.15, 0.2) is 19.1 Å². The van der Waals surface area contributed by atoms with Crippen molar-refractivity contribution in [3.63, 3.8) is 0 Å². The molecule has 2 aromatic heterocycles. The van der Waals surface area contributed by atoms with Crippen LogP contribution in [-0.4, -0.2) is 58.4 Å². The largest absolute Gasteiger partial charge is 1.00 e. The summed E-state index contributed by atoms with van der Waals surface area (Å²) in [4.78, 5) is 28.2. The average molecular weight is 1090 g/mol. The molecule has 0 aliphatic heterocycles. The molecule has 11 nitrogen and oxygen atoms in total. The molecule has 410 valence electrons. The standard InChI is InChI=1S/C66H80N5O6P.Na/c1-2-3-4-5-6-7-8-9-10-11-12-13-14-33-47-74-48-34-49-77-78(72,73)54-75-61(51-76-66(58-41-27-18-28-42-58,59-43-29-19-30-44-59)60-45-31-20-32-46-60)50-71-53-69-62-63(67-52-68-64(62)71)70-65(55-35-21-15-22-36-55,56-37-23-16-24-38-56)57-39-25-17-26-40-57;/h15-32,35-46,52-53,61H,2-14,33-34,47-51,54H2,1H3,(H,72,73)(H,67,68,70);/q;+1/p-1/t61-;/m0./s1. The molecule has 8 aromatic rings. The summed E-state index contributed by atoms with van der Waals surface area (Å²) < 4.78 is 40.7. The second-order valence-corrected chi connectivity index (χ2v) is 22.0. The van der Waals surface area contributed by atoms with Gasteiger partial charge >= 0.3 is 29.6 Å². The van der Waals surface area contributed by atoms with Gasteiger partial charge in [-0.15, -0.1) is 0 Å². The number of imidazole rings is 1. The Kier molecular flexibility index (Phi) is 25.5. The molecule has 2 heterocycles. The first kappa shape index (κ1) is 61.3. The van der Waals surface area contributed by atoms with Crippen LogP contribution in [0.25, 0.3) is 11.2 Å². The molecule has 0 amide bonds. The number of hydrogen-bond donors (Lipinski definition) is 1. The minimum Gasteiger partial charge on any atom is -0.777 e. The normalized spacial score (nSPS) is 12.9. The molecule has 0 aliphatic rings. The van der Waals surface area contributed by atoms with Crippen LogP contribution in [0.4, 0.5) is 5.82 Å². The van der Waals surface area contributed by atoms with Crippen LogP contribution in [0.1, 0.15) is 137 Å². The Morgan fingerprint density at radius 3 is 1.41 bits per heavy atom. The van der Waals surface area contributed by atoms with E-state index in [1.54, 1.807) is 6.33 Å². The first-order valence-corrected chi connectivity index (χ1v) is 30.2. The topological polar surface area (TPSA) is 133 Å². The summed E-state index contributed by atoms with van der Waals surface area (Å²) in [7, 11) is -4.48. The molecular weight excluding hydrogens is 1010 g/mol. The van der Waals surface area contributed by atoms with Crippen molar-refractivity contribution < 1.29 is 57.8 Å². The monoisotopic (exact) mass is 1090 g/mol. The van der Waals surface area contributed by atoms with Gasteiger partial charge in [-0.25, -0.2) is 15.0 Å². The Morgan fingerprint density at radius 1 is 0.532 bits per heavy atom. The molecule has 1 unspecified atom stereocenters. The Hall–Kier alpha value is -5.30.